The molecule has 0 unspecified atom stereocenters. The summed E-state index contributed by atoms with van der Waals surface area (Å²) in [6.45, 7) is 3.68. The van der Waals surface area contributed by atoms with E-state index in [4.69, 9.17) is 0 Å². The molecule has 1 aromatic carbocycles. The Labute approximate surface area is 141 Å². The molecule has 1 N–H and O–H groups in total. The fourth-order valence-electron chi connectivity index (χ4n) is 3.68. The lowest BCUT2D eigenvalue weighted by Crippen LogP contribution is -2.39. The second-order valence-corrected chi connectivity index (χ2v) is 6.66. The van der Waals surface area contributed by atoms with Crippen LogP contribution in [0.4, 0.5) is 0 Å². The van der Waals surface area contributed by atoms with Crippen LogP contribution in [-0.2, 0) is 17.8 Å². The number of aryl methyl sites for hydroxylation is 1. The monoisotopic (exact) mass is 322 g/mol. The number of hydrogen-bond donors (Lipinski definition) is 1. The van der Waals surface area contributed by atoms with E-state index in [1.165, 1.54) is 0 Å². The van der Waals surface area contributed by atoms with Crippen LogP contribution < -0.4 is 0 Å². The molecule has 0 aliphatic carbocycles. The van der Waals surface area contributed by atoms with Gasteiger partial charge in [-0.3, -0.25) is 9.48 Å². The van der Waals surface area contributed by atoms with Gasteiger partial charge in [0.15, 0.2) is 0 Å². The SMILES string of the molecule is Cc1cnn(C[C@H]2CCCN2C(=O)Cc2c[nH]c3ccccc23)c1. The molecular formula is C19H22N4O. The van der Waals surface area contributed by atoms with Crippen LogP contribution in [-0.4, -0.2) is 38.2 Å². The van der Waals surface area contributed by atoms with Gasteiger partial charge in [-0.05, 0) is 37.0 Å². The number of nitrogens with zero attached hydrogens (tertiary/aromatic N) is 3. The fraction of sp³-hybridized carbons (Fsp3) is 0.368. The zero-order chi connectivity index (χ0) is 16.5. The van der Waals surface area contributed by atoms with Gasteiger partial charge in [0.1, 0.15) is 0 Å². The van der Waals surface area contributed by atoms with Crippen molar-refractivity contribution in [3.05, 3.63) is 54.0 Å². The molecule has 2 aromatic heterocycles. The first kappa shape index (κ1) is 15.0. The normalized spacial score (nSPS) is 17.7. The Hall–Kier alpha value is -2.56. The number of likely N-dealkylation sites (tertiary alicyclic amines) is 1. The third-order valence-corrected chi connectivity index (χ3v) is 4.87. The summed E-state index contributed by atoms with van der Waals surface area (Å²) in [5, 5.41) is 5.51. The fourth-order valence-corrected chi connectivity index (χ4v) is 3.68. The molecule has 1 amide bonds. The predicted molar refractivity (Wildman–Crippen MR) is 93.7 cm³/mol. The molecule has 1 aliphatic heterocycles. The number of benzene rings is 1. The van der Waals surface area contributed by atoms with E-state index in [2.05, 4.69) is 16.1 Å². The highest BCUT2D eigenvalue weighted by atomic mass is 16.2. The third-order valence-electron chi connectivity index (χ3n) is 4.87. The summed E-state index contributed by atoms with van der Waals surface area (Å²) in [7, 11) is 0. The molecule has 0 saturated carbocycles. The molecule has 3 aromatic rings. The van der Waals surface area contributed by atoms with Crippen molar-refractivity contribution in [2.45, 2.75) is 38.8 Å². The highest BCUT2D eigenvalue weighted by Gasteiger charge is 2.29. The van der Waals surface area contributed by atoms with Gasteiger partial charge in [-0.15, -0.1) is 0 Å². The van der Waals surface area contributed by atoms with Crippen LogP contribution in [0, 0.1) is 6.92 Å². The van der Waals surface area contributed by atoms with Crippen LogP contribution in [0.5, 0.6) is 0 Å². The number of carbonyl (C=O) groups is 1. The predicted octanol–water partition coefficient (Wildman–Crippen LogP) is 2.91. The standard InChI is InChI=1S/C19H22N4O/c1-14-10-21-22(12-14)13-16-5-4-8-23(16)19(24)9-15-11-20-18-7-3-2-6-17(15)18/h2-3,6-7,10-12,16,20H,4-5,8-9,13H2,1H3/t16-/m1/s1. The Morgan fingerprint density at radius 3 is 3.08 bits per heavy atom. The lowest BCUT2D eigenvalue weighted by Gasteiger charge is -2.24. The van der Waals surface area contributed by atoms with Gasteiger partial charge in [0.2, 0.25) is 5.91 Å². The van der Waals surface area contributed by atoms with E-state index in [1.807, 2.05) is 53.3 Å². The summed E-state index contributed by atoms with van der Waals surface area (Å²) >= 11 is 0. The first-order valence-electron chi connectivity index (χ1n) is 8.54. The van der Waals surface area contributed by atoms with Crippen LogP contribution in [0.25, 0.3) is 10.9 Å². The molecule has 1 fully saturated rings. The third kappa shape index (κ3) is 2.82. The Morgan fingerprint density at radius 1 is 1.38 bits per heavy atom. The quantitative estimate of drug-likeness (QED) is 0.803. The number of para-hydroxylation sites is 1. The molecule has 5 nitrogen and oxygen atoms in total. The van der Waals surface area contributed by atoms with Crippen LogP contribution in [0.15, 0.2) is 42.9 Å². The minimum absolute atomic E-state index is 0.214. The van der Waals surface area contributed by atoms with Gasteiger partial charge in [-0.2, -0.15) is 5.10 Å². The molecule has 0 spiro atoms. The van der Waals surface area contributed by atoms with Gasteiger partial charge in [0, 0.05) is 29.8 Å². The topological polar surface area (TPSA) is 53.9 Å². The number of rotatable bonds is 4. The zero-order valence-corrected chi connectivity index (χ0v) is 13.9. The average molecular weight is 322 g/mol. The molecule has 1 saturated heterocycles. The van der Waals surface area contributed by atoms with Crippen LogP contribution in [0.3, 0.4) is 0 Å². The first-order valence-corrected chi connectivity index (χ1v) is 8.54. The van der Waals surface area contributed by atoms with Crippen molar-refractivity contribution < 1.29 is 4.79 Å². The molecule has 124 valence electrons. The van der Waals surface area contributed by atoms with Crippen molar-refractivity contribution in [3.63, 3.8) is 0 Å². The lowest BCUT2D eigenvalue weighted by molar-refractivity contribution is -0.131. The van der Waals surface area contributed by atoms with Crippen molar-refractivity contribution in [1.82, 2.24) is 19.7 Å². The molecular weight excluding hydrogens is 300 g/mol. The molecule has 5 heteroatoms. The van der Waals surface area contributed by atoms with E-state index < -0.39 is 0 Å². The van der Waals surface area contributed by atoms with Crippen molar-refractivity contribution in [1.29, 1.82) is 0 Å². The van der Waals surface area contributed by atoms with E-state index in [0.717, 1.165) is 48.0 Å². The number of aromatic nitrogens is 3. The Balaban J connectivity index is 1.48. The molecule has 1 atom stereocenters. The number of amides is 1. The molecule has 0 radical (unpaired) electrons. The first-order chi connectivity index (χ1) is 11.7. The maximum atomic E-state index is 12.8. The van der Waals surface area contributed by atoms with Crippen LogP contribution >= 0.6 is 0 Å². The molecule has 0 bridgehead atoms. The minimum Gasteiger partial charge on any atom is -0.361 e. The van der Waals surface area contributed by atoms with Crippen molar-refractivity contribution in [3.8, 4) is 0 Å². The van der Waals surface area contributed by atoms with Gasteiger partial charge in [-0.25, -0.2) is 0 Å². The molecule has 4 rings (SSSR count). The van der Waals surface area contributed by atoms with Gasteiger partial charge in [-0.1, -0.05) is 18.2 Å². The Kier molecular flexibility index (Phi) is 3.84. The van der Waals surface area contributed by atoms with E-state index in [9.17, 15) is 4.79 Å². The number of H-pyrrole nitrogens is 1. The number of aromatic amines is 1. The average Bonchev–Trinajstić information content (AvgIpc) is 3.29. The zero-order valence-electron chi connectivity index (χ0n) is 13.9. The summed E-state index contributed by atoms with van der Waals surface area (Å²) in [4.78, 5) is 18.1. The maximum Gasteiger partial charge on any atom is 0.227 e. The number of fused-ring (bicyclic) bond motifs is 1. The molecule has 3 heterocycles. The minimum atomic E-state index is 0.214. The van der Waals surface area contributed by atoms with E-state index in [-0.39, 0.29) is 11.9 Å². The van der Waals surface area contributed by atoms with Crippen molar-refractivity contribution in [2.75, 3.05) is 6.54 Å². The number of nitrogens with one attached hydrogen (secondary N) is 1. The summed E-state index contributed by atoms with van der Waals surface area (Å²) in [6.07, 6.45) is 8.46. The highest BCUT2D eigenvalue weighted by molar-refractivity contribution is 5.89. The summed E-state index contributed by atoms with van der Waals surface area (Å²) in [5.41, 5.74) is 3.33. The van der Waals surface area contributed by atoms with Gasteiger partial charge < -0.3 is 9.88 Å². The molecule has 24 heavy (non-hydrogen) atoms. The summed E-state index contributed by atoms with van der Waals surface area (Å²) < 4.78 is 1.96. The van der Waals surface area contributed by atoms with Crippen molar-refractivity contribution in [2.24, 2.45) is 0 Å². The van der Waals surface area contributed by atoms with Gasteiger partial charge >= 0.3 is 0 Å². The summed E-state index contributed by atoms with van der Waals surface area (Å²) in [6, 6.07) is 8.39. The van der Waals surface area contributed by atoms with Gasteiger partial charge in [0.25, 0.3) is 0 Å². The highest BCUT2D eigenvalue weighted by Crippen LogP contribution is 2.23. The van der Waals surface area contributed by atoms with E-state index in [0.29, 0.717) is 6.42 Å². The van der Waals surface area contributed by atoms with Crippen molar-refractivity contribution >= 4 is 16.8 Å². The van der Waals surface area contributed by atoms with E-state index >= 15 is 0 Å². The second kappa shape index (κ2) is 6.15. The number of carbonyl (C=O) groups excluding carboxylic acids is 1. The van der Waals surface area contributed by atoms with Gasteiger partial charge in [0.05, 0.1) is 25.2 Å². The summed E-state index contributed by atoms with van der Waals surface area (Å²) in [5.74, 6) is 0.214. The maximum absolute atomic E-state index is 12.8. The van der Waals surface area contributed by atoms with Crippen LogP contribution in [0.2, 0.25) is 0 Å². The lowest BCUT2D eigenvalue weighted by atomic mass is 10.1. The number of hydrogen-bond acceptors (Lipinski definition) is 2. The largest absolute Gasteiger partial charge is 0.361 e. The van der Waals surface area contributed by atoms with E-state index in [1.54, 1.807) is 0 Å². The Bertz CT molecular complexity index is 863. The molecule has 1 aliphatic rings. The van der Waals surface area contributed by atoms with Crippen LogP contribution in [0.1, 0.15) is 24.0 Å². The smallest absolute Gasteiger partial charge is 0.227 e. The second-order valence-electron chi connectivity index (χ2n) is 6.66. The Morgan fingerprint density at radius 2 is 2.25 bits per heavy atom.